The zero-order valence-corrected chi connectivity index (χ0v) is 19.6. The summed E-state index contributed by atoms with van der Waals surface area (Å²) in [4.78, 5) is 17.3. The molecule has 0 saturated carbocycles. The maximum absolute atomic E-state index is 12.4. The molecule has 2 heterocycles. The quantitative estimate of drug-likeness (QED) is 0.686. The molecule has 0 aromatic heterocycles. The van der Waals surface area contributed by atoms with Gasteiger partial charge in [-0.25, -0.2) is 0 Å². The van der Waals surface area contributed by atoms with Crippen LogP contribution in [0, 0.1) is 11.3 Å². The second-order valence-electron chi connectivity index (χ2n) is 9.37. The minimum Gasteiger partial charge on any atom is -0.339 e. The van der Waals surface area contributed by atoms with Gasteiger partial charge in [0.25, 0.3) is 0 Å². The van der Waals surface area contributed by atoms with Crippen LogP contribution in [0.3, 0.4) is 0 Å². The Morgan fingerprint density at radius 3 is 2.24 bits per heavy atom. The predicted octanol–water partition coefficient (Wildman–Crippen LogP) is 2.79. The van der Waals surface area contributed by atoms with Gasteiger partial charge in [-0.1, -0.05) is 55.0 Å². The van der Waals surface area contributed by atoms with E-state index in [1.165, 1.54) is 11.1 Å². The van der Waals surface area contributed by atoms with Crippen molar-refractivity contribution in [2.75, 3.05) is 39.8 Å². The van der Waals surface area contributed by atoms with E-state index in [0.717, 1.165) is 69.7 Å². The summed E-state index contributed by atoms with van der Waals surface area (Å²) in [5, 5.41) is 15.7. The Hall–Kier alpha value is -2.72. The van der Waals surface area contributed by atoms with Crippen LogP contribution in [0.25, 0.3) is 11.1 Å². The fraction of sp³-hybridized carbons (Fsp3) is 0.481. The Kier molecular flexibility index (Phi) is 8.11. The largest absolute Gasteiger partial charge is 0.339 e. The van der Waals surface area contributed by atoms with Gasteiger partial charge < -0.3 is 15.5 Å². The van der Waals surface area contributed by atoms with E-state index in [9.17, 15) is 10.1 Å². The van der Waals surface area contributed by atoms with Gasteiger partial charge in [0.2, 0.25) is 5.91 Å². The molecule has 0 spiro atoms. The second kappa shape index (κ2) is 11.4. The second-order valence-corrected chi connectivity index (χ2v) is 9.37. The summed E-state index contributed by atoms with van der Waals surface area (Å²) < 4.78 is 0. The molecule has 6 heteroatoms. The number of carbonyl (C=O) groups is 1. The molecule has 2 saturated heterocycles. The van der Waals surface area contributed by atoms with Gasteiger partial charge in [-0.2, -0.15) is 5.26 Å². The third kappa shape index (κ3) is 6.64. The molecule has 2 aliphatic heterocycles. The van der Waals surface area contributed by atoms with Crippen LogP contribution in [-0.4, -0.2) is 67.6 Å². The van der Waals surface area contributed by atoms with E-state index in [2.05, 4.69) is 82.1 Å². The molecule has 0 aliphatic carbocycles. The number of benzene rings is 2. The molecule has 2 fully saturated rings. The lowest BCUT2D eigenvalue weighted by atomic mass is 9.99. The summed E-state index contributed by atoms with van der Waals surface area (Å²) in [7, 11) is 2.18. The van der Waals surface area contributed by atoms with E-state index in [1.807, 2.05) is 0 Å². The third-order valence-electron chi connectivity index (χ3n) is 6.78. The van der Waals surface area contributed by atoms with Crippen molar-refractivity contribution in [3.8, 4) is 17.2 Å². The van der Waals surface area contributed by atoms with Crippen molar-refractivity contribution in [1.29, 1.82) is 5.26 Å². The first kappa shape index (κ1) is 23.4. The zero-order chi connectivity index (χ0) is 23.0. The predicted molar refractivity (Wildman–Crippen MR) is 132 cm³/mol. The monoisotopic (exact) mass is 445 g/mol. The molecule has 2 atom stereocenters. The van der Waals surface area contributed by atoms with Crippen molar-refractivity contribution < 1.29 is 4.79 Å². The summed E-state index contributed by atoms with van der Waals surface area (Å²) in [5.74, 6) is -0.0606. The fourth-order valence-corrected chi connectivity index (χ4v) is 4.61. The van der Waals surface area contributed by atoms with Crippen LogP contribution in [-0.2, 0) is 17.8 Å². The molecule has 0 radical (unpaired) electrons. The maximum Gasteiger partial charge on any atom is 0.238 e. The highest BCUT2D eigenvalue weighted by molar-refractivity contribution is 5.82. The van der Waals surface area contributed by atoms with Crippen molar-refractivity contribution >= 4 is 5.91 Å². The zero-order valence-electron chi connectivity index (χ0n) is 19.6. The number of nitriles is 1. The van der Waals surface area contributed by atoms with Gasteiger partial charge in [-0.05, 0) is 48.7 Å². The van der Waals surface area contributed by atoms with Crippen LogP contribution in [0.4, 0.5) is 0 Å². The molecular weight excluding hydrogens is 410 g/mol. The number of hydrogen-bond donors (Lipinski definition) is 2. The summed E-state index contributed by atoms with van der Waals surface area (Å²) >= 11 is 0. The summed E-state index contributed by atoms with van der Waals surface area (Å²) in [6.07, 6.45) is 3.52. The van der Waals surface area contributed by atoms with Gasteiger partial charge in [0.05, 0.1) is 12.1 Å². The molecular formula is C27H35N5O. The highest BCUT2D eigenvalue weighted by Gasteiger charge is 2.23. The molecule has 2 aliphatic rings. The maximum atomic E-state index is 12.4. The van der Waals surface area contributed by atoms with Crippen LogP contribution in [0.15, 0.2) is 48.5 Å². The molecule has 4 rings (SSSR count). The Morgan fingerprint density at radius 2 is 1.67 bits per heavy atom. The molecule has 33 heavy (non-hydrogen) atoms. The van der Waals surface area contributed by atoms with E-state index in [4.69, 9.17) is 0 Å². The lowest BCUT2D eigenvalue weighted by molar-refractivity contribution is -0.124. The van der Waals surface area contributed by atoms with Crippen molar-refractivity contribution in [1.82, 2.24) is 20.4 Å². The number of hydrogen-bond acceptors (Lipinski definition) is 5. The van der Waals surface area contributed by atoms with Crippen LogP contribution in [0.2, 0.25) is 0 Å². The first-order chi connectivity index (χ1) is 16.1. The Morgan fingerprint density at radius 1 is 1.03 bits per heavy atom. The number of amides is 1. The molecule has 6 nitrogen and oxygen atoms in total. The van der Waals surface area contributed by atoms with Crippen molar-refractivity contribution in [3.05, 3.63) is 59.7 Å². The van der Waals surface area contributed by atoms with Gasteiger partial charge in [0.1, 0.15) is 6.04 Å². The minimum absolute atomic E-state index is 0.0606. The topological polar surface area (TPSA) is 71.4 Å². The first-order valence-corrected chi connectivity index (χ1v) is 12.1. The van der Waals surface area contributed by atoms with Gasteiger partial charge >= 0.3 is 0 Å². The lowest BCUT2D eigenvalue weighted by Crippen LogP contribution is -2.49. The van der Waals surface area contributed by atoms with E-state index in [1.54, 1.807) is 0 Å². The Bertz CT molecular complexity index is 936. The van der Waals surface area contributed by atoms with Crippen LogP contribution in [0.5, 0.6) is 0 Å². The van der Waals surface area contributed by atoms with Crippen molar-refractivity contribution in [2.24, 2.45) is 0 Å². The van der Waals surface area contributed by atoms with Crippen molar-refractivity contribution in [3.63, 3.8) is 0 Å². The molecule has 2 N–H and O–H groups in total. The first-order valence-electron chi connectivity index (χ1n) is 12.1. The van der Waals surface area contributed by atoms with Crippen LogP contribution in [0.1, 0.15) is 30.4 Å². The van der Waals surface area contributed by atoms with Crippen molar-refractivity contribution in [2.45, 2.75) is 44.3 Å². The number of nitrogens with zero attached hydrogens (tertiary/aromatic N) is 3. The van der Waals surface area contributed by atoms with E-state index in [0.29, 0.717) is 6.42 Å². The van der Waals surface area contributed by atoms with E-state index >= 15 is 0 Å². The smallest absolute Gasteiger partial charge is 0.238 e. The third-order valence-corrected chi connectivity index (χ3v) is 6.78. The normalized spacial score (nSPS) is 20.7. The van der Waals surface area contributed by atoms with Gasteiger partial charge in [0, 0.05) is 39.1 Å². The molecule has 0 bridgehead atoms. The van der Waals surface area contributed by atoms with E-state index in [-0.39, 0.29) is 11.9 Å². The van der Waals surface area contributed by atoms with Crippen LogP contribution < -0.4 is 10.6 Å². The fourth-order valence-electron chi connectivity index (χ4n) is 4.61. The lowest BCUT2D eigenvalue weighted by Gasteiger charge is -2.32. The molecule has 1 amide bonds. The highest BCUT2D eigenvalue weighted by atomic mass is 16.2. The number of piperazine rings is 1. The summed E-state index contributed by atoms with van der Waals surface area (Å²) in [6.45, 7) is 6.40. The van der Waals surface area contributed by atoms with Gasteiger partial charge in [-0.15, -0.1) is 0 Å². The number of likely N-dealkylation sites (N-methyl/N-ethyl adjacent to an activating group) is 1. The number of piperidine rings is 1. The average molecular weight is 446 g/mol. The molecule has 2 aromatic carbocycles. The average Bonchev–Trinajstić information content (AvgIpc) is 2.86. The Labute approximate surface area is 197 Å². The number of carbonyl (C=O) groups excluding carboxylic acids is 1. The molecule has 0 unspecified atom stereocenters. The summed E-state index contributed by atoms with van der Waals surface area (Å²) in [5.41, 5.74) is 4.75. The van der Waals surface area contributed by atoms with Crippen LogP contribution >= 0.6 is 0 Å². The van der Waals surface area contributed by atoms with Gasteiger partial charge in [0.15, 0.2) is 0 Å². The number of nitrogens with one attached hydrogen (secondary N) is 2. The Balaban J connectivity index is 1.30. The minimum atomic E-state index is -0.513. The SMILES string of the molecule is CN1CCN(Cc2ccc(-c3ccc(C[C@@H](C#N)NC(=O)[C@@H]4CCCCN4)cc3)cc2)CC1. The van der Waals surface area contributed by atoms with E-state index < -0.39 is 6.04 Å². The number of rotatable bonds is 7. The standard InChI is InChI=1S/C27H35N5O/c1-31-14-16-32(17-15-31)20-22-7-11-24(12-8-22)23-9-5-21(6-10-23)18-25(19-28)30-27(33)26-4-2-3-13-29-26/h5-12,25-26,29H,2-4,13-18,20H2,1H3,(H,30,33)/t25-,26-/m0/s1. The van der Waals surface area contributed by atoms with Gasteiger partial charge in [-0.3, -0.25) is 9.69 Å². The molecule has 2 aromatic rings. The summed E-state index contributed by atoms with van der Waals surface area (Å²) in [6, 6.07) is 18.7. The highest BCUT2D eigenvalue weighted by Crippen LogP contribution is 2.22. The molecule has 174 valence electrons.